The van der Waals surface area contributed by atoms with Crippen molar-refractivity contribution in [1.29, 1.82) is 0 Å². The molecule has 3 aromatic carbocycles. The molecule has 0 saturated carbocycles. The number of rotatable bonds is 11. The van der Waals surface area contributed by atoms with E-state index >= 15 is 17.6 Å². The number of methoxy groups -OCH3 is 2. The Bertz CT molecular complexity index is 2440. The Hall–Kier alpha value is -6.26. The van der Waals surface area contributed by atoms with E-state index in [1.54, 1.807) is 48.2 Å². The minimum Gasteiger partial charge on any atom is -0.497 e. The number of amidine groups is 1. The summed E-state index contributed by atoms with van der Waals surface area (Å²) in [6.45, 7) is 3.23. The van der Waals surface area contributed by atoms with Gasteiger partial charge in [-0.25, -0.2) is 24.1 Å². The van der Waals surface area contributed by atoms with Crippen molar-refractivity contribution in [2.75, 3.05) is 36.4 Å². The number of nitrogens with one attached hydrogen (secondary N) is 2. The molecule has 12 nitrogen and oxygen atoms in total. The number of halogens is 6. The number of amides is 1. The van der Waals surface area contributed by atoms with Gasteiger partial charge in [-0.1, -0.05) is 41.9 Å². The summed E-state index contributed by atoms with van der Waals surface area (Å²) >= 11 is 13.6. The number of aromatic nitrogens is 2. The lowest BCUT2D eigenvalue weighted by Gasteiger charge is -2.32. The molecule has 1 amide bonds. The normalized spacial score (nSPS) is 13.8. The SMILES string of the molecule is COc1ccc(CN(Cc2ccc(OC)cc2)c2cc(C)c(C(F)(F)F)c(-c3c(F)c4c5c(c3Cl)NCN=C5N(C(C)c3cccnc3NC(=O)O)C=C(Cl)O4)n2)cc1. The van der Waals surface area contributed by atoms with Gasteiger partial charge in [0.2, 0.25) is 5.22 Å². The van der Waals surface area contributed by atoms with Gasteiger partial charge in [0, 0.05) is 24.8 Å². The Morgan fingerprint density at radius 1 is 1.03 bits per heavy atom. The van der Waals surface area contributed by atoms with E-state index < -0.39 is 51.7 Å². The van der Waals surface area contributed by atoms with Crippen LogP contribution in [-0.4, -0.2) is 52.8 Å². The van der Waals surface area contributed by atoms with Crippen molar-refractivity contribution < 1.29 is 41.7 Å². The molecule has 2 aliphatic heterocycles. The van der Waals surface area contributed by atoms with Crippen LogP contribution in [0.5, 0.6) is 17.2 Å². The second kappa shape index (κ2) is 16.5. The fourth-order valence-electron chi connectivity index (χ4n) is 7.01. The Balaban J connectivity index is 1.39. The van der Waals surface area contributed by atoms with Gasteiger partial charge in [-0.3, -0.25) is 5.32 Å². The third kappa shape index (κ3) is 8.23. The number of aliphatic imine (C=N–C) groups is 1. The number of carbonyl (C=O) groups is 1. The smallest absolute Gasteiger partial charge is 0.418 e. The van der Waals surface area contributed by atoms with E-state index in [1.165, 1.54) is 44.5 Å². The first-order valence-corrected chi connectivity index (χ1v) is 18.7. The highest BCUT2D eigenvalue weighted by Gasteiger charge is 2.42. The summed E-state index contributed by atoms with van der Waals surface area (Å²) in [5, 5.41) is 13.9. The molecule has 0 aliphatic carbocycles. The van der Waals surface area contributed by atoms with Gasteiger partial charge in [0.25, 0.3) is 0 Å². The molecule has 1 unspecified atom stereocenters. The maximum atomic E-state index is 17.4. The standard InChI is InChI=1S/C41H35Cl2F4N7O5/c1-21-16-29(53(17-23-7-11-25(57-3)12-8-23)18-24-9-13-26(58-4)14-10-24)51-35(32(21)41(45,46)47)30-33(43)36-31-37(34(30)44)59-28(42)19-54(39(31)50-20-49-36)22(2)27-6-5-15-48-38(27)52-40(55)56/h5-16,19,22,49H,17-18,20H2,1-4H3,(H,48,52)(H,55,56). The predicted octanol–water partition coefficient (Wildman–Crippen LogP) is 10.2. The van der Waals surface area contributed by atoms with Gasteiger partial charge in [0.1, 0.15) is 35.6 Å². The van der Waals surface area contributed by atoms with E-state index in [4.69, 9.17) is 37.4 Å². The van der Waals surface area contributed by atoms with Crippen LogP contribution in [0, 0.1) is 12.7 Å². The van der Waals surface area contributed by atoms with Crippen LogP contribution in [0.1, 0.15) is 46.3 Å². The minimum absolute atomic E-state index is 0.0152. The lowest BCUT2D eigenvalue weighted by Crippen LogP contribution is -2.33. The topological polar surface area (TPSA) is 134 Å². The molecular formula is C41H35Cl2F4N7O5. The molecule has 4 heterocycles. The van der Waals surface area contributed by atoms with E-state index in [9.17, 15) is 9.90 Å². The number of carboxylic acid groups (broad SMARTS) is 1. The Morgan fingerprint density at radius 3 is 2.24 bits per heavy atom. The van der Waals surface area contributed by atoms with Crippen LogP contribution in [0.25, 0.3) is 11.3 Å². The summed E-state index contributed by atoms with van der Waals surface area (Å²) in [5.74, 6) is -0.374. The first kappa shape index (κ1) is 40.9. The molecule has 3 N–H and O–H groups in total. The molecule has 5 aromatic rings. The van der Waals surface area contributed by atoms with Gasteiger partial charge in [-0.2, -0.15) is 13.2 Å². The van der Waals surface area contributed by atoms with Crippen LogP contribution in [0.4, 0.5) is 39.7 Å². The lowest BCUT2D eigenvalue weighted by molar-refractivity contribution is -0.137. The highest BCUT2D eigenvalue weighted by atomic mass is 35.5. The van der Waals surface area contributed by atoms with Crippen molar-refractivity contribution in [1.82, 2.24) is 14.9 Å². The van der Waals surface area contributed by atoms with Crippen LogP contribution in [-0.2, 0) is 19.3 Å². The number of hydrogen-bond donors (Lipinski definition) is 3. The fourth-order valence-corrected chi connectivity index (χ4v) is 7.53. The quantitative estimate of drug-likeness (QED) is 0.110. The molecule has 1 atom stereocenters. The average molecular weight is 853 g/mol. The van der Waals surface area contributed by atoms with Crippen LogP contribution in [0.15, 0.2) is 89.3 Å². The molecule has 2 aromatic heterocycles. The molecule has 59 heavy (non-hydrogen) atoms. The van der Waals surface area contributed by atoms with Crippen LogP contribution in [0.3, 0.4) is 0 Å². The minimum atomic E-state index is -5.00. The number of anilines is 3. The number of aryl methyl sites for hydroxylation is 1. The highest BCUT2D eigenvalue weighted by Crippen LogP contribution is 2.51. The maximum absolute atomic E-state index is 17.4. The average Bonchev–Trinajstić information content (AvgIpc) is 3.36. The predicted molar refractivity (Wildman–Crippen MR) is 216 cm³/mol. The zero-order chi connectivity index (χ0) is 42.2. The van der Waals surface area contributed by atoms with Crippen LogP contribution >= 0.6 is 23.2 Å². The number of alkyl halides is 3. The van der Waals surface area contributed by atoms with Gasteiger partial charge in [0.15, 0.2) is 11.6 Å². The molecule has 7 rings (SSSR count). The summed E-state index contributed by atoms with van der Waals surface area (Å²) in [5.41, 5.74) is -0.915. The Labute approximate surface area is 345 Å². The van der Waals surface area contributed by atoms with Crippen molar-refractivity contribution in [2.24, 2.45) is 4.99 Å². The number of nitrogens with zero attached hydrogens (tertiary/aromatic N) is 5. The third-order valence-electron chi connectivity index (χ3n) is 9.77. The first-order chi connectivity index (χ1) is 28.2. The van der Waals surface area contributed by atoms with Gasteiger partial charge in [0.05, 0.1) is 59.6 Å². The number of hydrogen-bond acceptors (Lipinski definition) is 10. The van der Waals surface area contributed by atoms with E-state index in [-0.39, 0.29) is 59.3 Å². The highest BCUT2D eigenvalue weighted by molar-refractivity contribution is 6.37. The van der Waals surface area contributed by atoms with Gasteiger partial charge < -0.3 is 34.4 Å². The maximum Gasteiger partial charge on any atom is 0.418 e. The molecule has 0 radical (unpaired) electrons. The second-order valence-electron chi connectivity index (χ2n) is 13.5. The number of ether oxygens (including phenoxy) is 3. The molecule has 306 valence electrons. The lowest BCUT2D eigenvalue weighted by atomic mass is 9.95. The molecule has 18 heteroatoms. The van der Waals surface area contributed by atoms with Crippen molar-refractivity contribution in [3.05, 3.63) is 129 Å². The van der Waals surface area contributed by atoms with Crippen molar-refractivity contribution in [2.45, 2.75) is 39.2 Å². The van der Waals surface area contributed by atoms with E-state index in [0.717, 1.165) is 11.1 Å². The zero-order valence-electron chi connectivity index (χ0n) is 31.8. The molecule has 2 aliphatic rings. The summed E-state index contributed by atoms with van der Waals surface area (Å²) < 4.78 is 79.4. The molecular weight excluding hydrogens is 817 g/mol. The van der Waals surface area contributed by atoms with Crippen molar-refractivity contribution in [3.8, 4) is 28.5 Å². The van der Waals surface area contributed by atoms with Crippen LogP contribution in [0.2, 0.25) is 5.02 Å². The Morgan fingerprint density at radius 2 is 1.66 bits per heavy atom. The Kier molecular flexibility index (Phi) is 11.5. The largest absolute Gasteiger partial charge is 0.497 e. The van der Waals surface area contributed by atoms with E-state index in [0.29, 0.717) is 17.1 Å². The molecule has 0 fully saturated rings. The molecule has 0 saturated heterocycles. The van der Waals surface area contributed by atoms with E-state index in [2.05, 4.69) is 25.6 Å². The summed E-state index contributed by atoms with van der Waals surface area (Å²) in [6, 6.07) is 18.2. The fraction of sp³-hybridized carbons (Fsp3) is 0.220. The summed E-state index contributed by atoms with van der Waals surface area (Å²) in [6.07, 6.45) is -3.64. The van der Waals surface area contributed by atoms with Gasteiger partial charge in [-0.05, 0) is 78.5 Å². The first-order valence-electron chi connectivity index (χ1n) is 17.9. The molecule has 0 spiro atoms. The monoisotopic (exact) mass is 851 g/mol. The van der Waals surface area contributed by atoms with Crippen molar-refractivity contribution in [3.63, 3.8) is 0 Å². The van der Waals surface area contributed by atoms with E-state index in [1.807, 2.05) is 24.3 Å². The molecule has 0 bridgehead atoms. The number of benzene rings is 3. The van der Waals surface area contributed by atoms with Gasteiger partial charge in [-0.15, -0.1) is 0 Å². The summed E-state index contributed by atoms with van der Waals surface area (Å²) in [4.78, 5) is 28.1. The van der Waals surface area contributed by atoms with Crippen LogP contribution < -0.4 is 29.7 Å². The number of pyridine rings is 2. The van der Waals surface area contributed by atoms with Gasteiger partial charge >= 0.3 is 12.3 Å². The zero-order valence-corrected chi connectivity index (χ0v) is 33.3. The van der Waals surface area contributed by atoms with Crippen molar-refractivity contribution >= 4 is 52.5 Å². The second-order valence-corrected chi connectivity index (χ2v) is 14.2. The third-order valence-corrected chi connectivity index (χ3v) is 10.3. The summed E-state index contributed by atoms with van der Waals surface area (Å²) in [7, 11) is 3.08.